The molecule has 3 saturated carbocycles. The van der Waals surface area contributed by atoms with Crippen molar-refractivity contribution in [1.82, 2.24) is 0 Å². The van der Waals surface area contributed by atoms with E-state index in [-0.39, 0.29) is 57.5 Å². The number of hydrogen-bond acceptors (Lipinski definition) is 5. The highest BCUT2D eigenvalue weighted by atomic mass is 16.6. The number of hydrogen-bond donors (Lipinski definition) is 0. The average molecular weight is 398 g/mol. The van der Waals surface area contributed by atoms with Crippen LogP contribution in [-0.2, 0) is 23.9 Å². The van der Waals surface area contributed by atoms with E-state index in [2.05, 4.69) is 13.8 Å². The highest BCUT2D eigenvalue weighted by molar-refractivity contribution is 5.92. The number of esters is 1. The standard InChI is InChI=1S/C24H30O5/c1-13(25)16-11-14-10-15(26)4-7-21(14,2)24-18(28-24)12-22(3)17(20(16)24)5-8-23(22)9-6-19(27)29-23/h10,16-18,20H,4-9,11-12H2,1-3H3/t16-,17-,18?,20-,21-,22-,23+,24?/m0/s1. The van der Waals surface area contributed by atoms with Crippen molar-refractivity contribution in [1.29, 1.82) is 0 Å². The van der Waals surface area contributed by atoms with Gasteiger partial charge in [0, 0.05) is 35.5 Å². The number of ether oxygens (including phenoxy) is 2. The number of carbonyl (C=O) groups is 3. The van der Waals surface area contributed by atoms with Crippen molar-refractivity contribution in [3.8, 4) is 0 Å². The Labute approximate surface area is 171 Å². The van der Waals surface area contributed by atoms with Gasteiger partial charge in [-0.15, -0.1) is 0 Å². The molecule has 5 heteroatoms. The molecule has 5 fully saturated rings. The molecule has 0 bridgehead atoms. The lowest BCUT2D eigenvalue weighted by atomic mass is 9.43. The first-order valence-corrected chi connectivity index (χ1v) is 11.3. The topological polar surface area (TPSA) is 73.0 Å². The van der Waals surface area contributed by atoms with E-state index in [1.807, 2.05) is 6.08 Å². The van der Waals surface area contributed by atoms with Gasteiger partial charge in [0.25, 0.3) is 0 Å². The molecule has 2 aliphatic heterocycles. The summed E-state index contributed by atoms with van der Waals surface area (Å²) in [4.78, 5) is 37.2. The van der Waals surface area contributed by atoms with Crippen molar-refractivity contribution in [3.63, 3.8) is 0 Å². The van der Waals surface area contributed by atoms with Gasteiger partial charge in [-0.25, -0.2) is 0 Å². The number of rotatable bonds is 1. The molecule has 0 aromatic heterocycles. The summed E-state index contributed by atoms with van der Waals surface area (Å²) >= 11 is 0. The summed E-state index contributed by atoms with van der Waals surface area (Å²) in [6, 6.07) is 0. The minimum absolute atomic E-state index is 0.0739. The molecule has 0 aromatic rings. The van der Waals surface area contributed by atoms with Crippen LogP contribution in [0.2, 0.25) is 0 Å². The molecular weight excluding hydrogens is 368 g/mol. The monoisotopic (exact) mass is 398 g/mol. The van der Waals surface area contributed by atoms with Crippen LogP contribution in [-0.4, -0.2) is 34.8 Å². The molecule has 8 atom stereocenters. The van der Waals surface area contributed by atoms with Crippen LogP contribution in [0.3, 0.4) is 0 Å². The second-order valence-corrected chi connectivity index (χ2v) is 11.0. The molecule has 6 aliphatic rings. The third kappa shape index (κ3) is 1.90. The number of carbonyl (C=O) groups excluding carboxylic acids is 3. The summed E-state index contributed by atoms with van der Waals surface area (Å²) < 4.78 is 12.7. The normalized spacial score (nSPS) is 54.8. The lowest BCUT2D eigenvalue weighted by molar-refractivity contribution is -0.167. The van der Waals surface area contributed by atoms with Crippen LogP contribution in [0.1, 0.15) is 72.1 Å². The van der Waals surface area contributed by atoms with Gasteiger partial charge in [0.1, 0.15) is 17.0 Å². The molecule has 4 aliphatic carbocycles. The number of epoxide rings is 1. The van der Waals surface area contributed by atoms with Crippen LogP contribution in [0.4, 0.5) is 0 Å². The van der Waals surface area contributed by atoms with Gasteiger partial charge in [0.2, 0.25) is 0 Å². The minimum Gasteiger partial charge on any atom is -0.458 e. The zero-order chi connectivity index (χ0) is 20.4. The Hall–Kier alpha value is -1.49. The van der Waals surface area contributed by atoms with Gasteiger partial charge < -0.3 is 9.47 Å². The fourth-order valence-corrected chi connectivity index (χ4v) is 8.70. The van der Waals surface area contributed by atoms with E-state index in [1.54, 1.807) is 6.92 Å². The summed E-state index contributed by atoms with van der Waals surface area (Å²) in [7, 11) is 0. The lowest BCUT2D eigenvalue weighted by Gasteiger charge is -2.58. The second-order valence-electron chi connectivity index (χ2n) is 11.0. The maximum absolute atomic E-state index is 12.9. The quantitative estimate of drug-likeness (QED) is 0.499. The SMILES string of the molecule is CC(=O)[C@@H]1CC2=CC(=O)CC[C@]2(C)C23OC2C[C@@]2(C)[C@@H](CC[C@@]24CCC(=O)O4)[C@H]13. The number of fused-ring (bicyclic) bond motifs is 4. The molecule has 0 amide bonds. The fraction of sp³-hybridized carbons (Fsp3) is 0.792. The van der Waals surface area contributed by atoms with Gasteiger partial charge in [-0.2, -0.15) is 0 Å². The Bertz CT molecular complexity index is 890. The molecule has 2 spiro atoms. The first-order chi connectivity index (χ1) is 13.7. The molecule has 29 heavy (non-hydrogen) atoms. The average Bonchev–Trinajstić information content (AvgIpc) is 3.14. The Balaban J connectivity index is 1.49. The summed E-state index contributed by atoms with van der Waals surface area (Å²) in [6.07, 6.45) is 8.07. The van der Waals surface area contributed by atoms with Crippen molar-refractivity contribution in [2.24, 2.45) is 28.6 Å². The minimum atomic E-state index is -0.381. The summed E-state index contributed by atoms with van der Waals surface area (Å²) in [5, 5.41) is 0. The molecule has 0 aromatic carbocycles. The molecule has 2 saturated heterocycles. The molecule has 0 radical (unpaired) electrons. The largest absolute Gasteiger partial charge is 0.458 e. The Kier molecular flexibility index (Phi) is 3.29. The maximum atomic E-state index is 12.9. The van der Waals surface area contributed by atoms with Crippen LogP contribution in [0.15, 0.2) is 11.6 Å². The predicted octanol–water partition coefficient (Wildman–Crippen LogP) is 3.54. The third-order valence-electron chi connectivity index (χ3n) is 10.2. The van der Waals surface area contributed by atoms with E-state index in [0.29, 0.717) is 25.2 Å². The Morgan fingerprint density at radius 3 is 2.62 bits per heavy atom. The lowest BCUT2D eigenvalue weighted by Crippen LogP contribution is -2.63. The second kappa shape index (κ2) is 5.22. The molecule has 5 nitrogen and oxygen atoms in total. The van der Waals surface area contributed by atoms with Crippen LogP contribution in [0, 0.1) is 28.6 Å². The highest BCUT2D eigenvalue weighted by Crippen LogP contribution is 2.78. The predicted molar refractivity (Wildman–Crippen MR) is 104 cm³/mol. The van der Waals surface area contributed by atoms with Crippen LogP contribution >= 0.6 is 0 Å². The van der Waals surface area contributed by atoms with Gasteiger partial charge in [0.15, 0.2) is 5.78 Å². The molecule has 156 valence electrons. The van der Waals surface area contributed by atoms with Gasteiger partial charge in [-0.05, 0) is 57.4 Å². The van der Waals surface area contributed by atoms with Crippen molar-refractivity contribution in [2.75, 3.05) is 0 Å². The van der Waals surface area contributed by atoms with Crippen molar-refractivity contribution >= 4 is 17.5 Å². The third-order valence-corrected chi connectivity index (χ3v) is 10.2. The van der Waals surface area contributed by atoms with Crippen molar-refractivity contribution in [2.45, 2.75) is 89.4 Å². The van der Waals surface area contributed by atoms with E-state index in [1.165, 1.54) is 0 Å². The molecular formula is C24H30O5. The number of ketones is 2. The van der Waals surface area contributed by atoms with E-state index in [9.17, 15) is 14.4 Å². The zero-order valence-corrected chi connectivity index (χ0v) is 17.6. The van der Waals surface area contributed by atoms with Crippen molar-refractivity contribution < 1.29 is 23.9 Å². The van der Waals surface area contributed by atoms with Gasteiger partial charge >= 0.3 is 5.97 Å². The smallest absolute Gasteiger partial charge is 0.306 e. The van der Waals surface area contributed by atoms with E-state index in [0.717, 1.165) is 37.7 Å². The summed E-state index contributed by atoms with van der Waals surface area (Å²) in [6.45, 7) is 6.28. The molecule has 2 heterocycles. The zero-order valence-electron chi connectivity index (χ0n) is 17.6. The van der Waals surface area contributed by atoms with Crippen LogP contribution < -0.4 is 0 Å². The van der Waals surface area contributed by atoms with Gasteiger partial charge in [-0.3, -0.25) is 14.4 Å². The highest BCUT2D eigenvalue weighted by Gasteiger charge is 2.83. The van der Waals surface area contributed by atoms with E-state index >= 15 is 0 Å². The Morgan fingerprint density at radius 2 is 1.93 bits per heavy atom. The first-order valence-electron chi connectivity index (χ1n) is 11.3. The van der Waals surface area contributed by atoms with Gasteiger partial charge in [0.05, 0.1) is 6.10 Å². The first kappa shape index (κ1) is 18.3. The fourth-order valence-electron chi connectivity index (χ4n) is 8.70. The summed E-state index contributed by atoms with van der Waals surface area (Å²) in [5.74, 6) is 0.676. The Morgan fingerprint density at radius 1 is 1.14 bits per heavy atom. The van der Waals surface area contributed by atoms with E-state index in [4.69, 9.17) is 9.47 Å². The van der Waals surface area contributed by atoms with Gasteiger partial charge in [-0.1, -0.05) is 19.4 Å². The van der Waals surface area contributed by atoms with Crippen molar-refractivity contribution in [3.05, 3.63) is 11.6 Å². The van der Waals surface area contributed by atoms with Crippen LogP contribution in [0.25, 0.3) is 0 Å². The molecule has 6 rings (SSSR count). The summed E-state index contributed by atoms with van der Waals surface area (Å²) in [5.41, 5.74) is 0.132. The molecule has 0 N–H and O–H groups in total. The van der Waals surface area contributed by atoms with E-state index < -0.39 is 0 Å². The molecule has 2 unspecified atom stereocenters. The maximum Gasteiger partial charge on any atom is 0.306 e. The van der Waals surface area contributed by atoms with Crippen LogP contribution in [0.5, 0.6) is 0 Å². The number of Topliss-reactive ketones (excluding diaryl/α,β-unsaturated/α-hetero) is 1.